The standard InChI is InChI=1S/C31H30ClF4N7O3/c1-17-4-7-43(41-17)24-12-18(19-10-20(32)13-21(33)11-19)2-3-22(24)27(31(34,35)36)46-26-14-25(39-29(37)40-26)42-8-5-30(6-9-42)15-23(28(44)45)38-16-30/h2-4,7,10-14,23,27,38H,5-6,8-9,15-16H2,1H3,(H,44,45)(H2,37,39,40). The van der Waals surface area contributed by atoms with E-state index in [-0.39, 0.29) is 33.5 Å². The van der Waals surface area contributed by atoms with Crippen LogP contribution in [-0.4, -0.2) is 62.7 Å². The van der Waals surface area contributed by atoms with Crippen molar-refractivity contribution in [1.82, 2.24) is 25.1 Å². The minimum atomic E-state index is -4.89. The Morgan fingerprint density at radius 3 is 2.52 bits per heavy atom. The number of hydrogen-bond acceptors (Lipinski definition) is 8. The van der Waals surface area contributed by atoms with Crippen LogP contribution in [-0.2, 0) is 4.79 Å². The van der Waals surface area contributed by atoms with Gasteiger partial charge in [-0.1, -0.05) is 23.7 Å². The van der Waals surface area contributed by atoms with Gasteiger partial charge in [-0.05, 0) is 73.1 Å². The van der Waals surface area contributed by atoms with Crippen LogP contribution in [0.15, 0.2) is 54.7 Å². The zero-order valence-electron chi connectivity index (χ0n) is 24.6. The molecular formula is C31H30ClF4N7O3. The van der Waals surface area contributed by atoms with Crippen molar-refractivity contribution >= 4 is 29.3 Å². The van der Waals surface area contributed by atoms with Crippen molar-refractivity contribution in [3.63, 3.8) is 0 Å². The number of anilines is 2. The second-order valence-corrected chi connectivity index (χ2v) is 12.2. The van der Waals surface area contributed by atoms with Crippen LogP contribution in [0, 0.1) is 18.2 Å². The molecule has 2 aliphatic heterocycles. The number of nitrogens with two attached hydrogens (primary N) is 1. The first-order valence-corrected chi connectivity index (χ1v) is 14.9. The fraction of sp³-hybridized carbons (Fsp3) is 0.355. The Hall–Kier alpha value is -4.43. The number of nitrogens with one attached hydrogen (secondary N) is 1. The van der Waals surface area contributed by atoms with E-state index in [0.717, 1.165) is 6.07 Å². The predicted octanol–water partition coefficient (Wildman–Crippen LogP) is 5.73. The van der Waals surface area contributed by atoms with E-state index in [9.17, 15) is 27.5 Å². The highest BCUT2D eigenvalue weighted by Gasteiger charge is 2.46. The predicted molar refractivity (Wildman–Crippen MR) is 162 cm³/mol. The largest absolute Gasteiger partial charge is 0.480 e. The minimum Gasteiger partial charge on any atom is -0.480 e. The molecule has 2 aromatic carbocycles. The number of aliphatic carboxylic acids is 1. The van der Waals surface area contributed by atoms with Crippen LogP contribution in [0.1, 0.15) is 36.6 Å². The lowest BCUT2D eigenvalue weighted by atomic mass is 9.76. The molecule has 1 spiro atoms. The van der Waals surface area contributed by atoms with Crippen molar-refractivity contribution in [3.05, 3.63) is 76.8 Å². The Morgan fingerprint density at radius 1 is 1.13 bits per heavy atom. The van der Waals surface area contributed by atoms with Crippen molar-refractivity contribution in [2.45, 2.75) is 44.5 Å². The highest BCUT2D eigenvalue weighted by Crippen LogP contribution is 2.43. The van der Waals surface area contributed by atoms with E-state index in [1.807, 2.05) is 4.90 Å². The lowest BCUT2D eigenvalue weighted by Gasteiger charge is -2.39. The number of rotatable bonds is 7. The minimum absolute atomic E-state index is 0.0572. The fourth-order valence-corrected chi connectivity index (χ4v) is 6.40. The third-order valence-corrected chi connectivity index (χ3v) is 8.75. The number of carboxylic acids is 1. The second kappa shape index (κ2) is 12.1. The number of benzene rings is 2. The first-order chi connectivity index (χ1) is 21.8. The maximum Gasteiger partial charge on any atom is 0.429 e. The summed E-state index contributed by atoms with van der Waals surface area (Å²) >= 11 is 6.05. The molecule has 4 heterocycles. The molecule has 2 atom stereocenters. The van der Waals surface area contributed by atoms with Gasteiger partial charge in [-0.2, -0.15) is 28.2 Å². The van der Waals surface area contributed by atoms with Crippen LogP contribution in [0.3, 0.4) is 0 Å². The van der Waals surface area contributed by atoms with Crippen molar-refractivity contribution in [3.8, 4) is 22.7 Å². The average Bonchev–Trinajstić information content (AvgIpc) is 3.61. The van der Waals surface area contributed by atoms with Gasteiger partial charge < -0.3 is 25.8 Å². The molecule has 4 N–H and O–H groups in total. The molecule has 2 aromatic heterocycles. The molecule has 2 saturated heterocycles. The molecule has 0 saturated carbocycles. The Morgan fingerprint density at radius 2 is 1.89 bits per heavy atom. The van der Waals surface area contributed by atoms with Gasteiger partial charge in [0.15, 0.2) is 0 Å². The number of nitrogens with zero attached hydrogens (tertiary/aromatic N) is 5. The molecular weight excluding hydrogens is 630 g/mol. The van der Waals surface area contributed by atoms with E-state index in [1.165, 1.54) is 47.3 Å². The summed E-state index contributed by atoms with van der Waals surface area (Å²) in [4.78, 5) is 21.5. The SMILES string of the molecule is Cc1ccn(-c2cc(-c3cc(F)cc(Cl)c3)ccc2C(Oc2cc(N3CCC4(CC3)CNC(C(=O)O)C4)nc(N)n2)C(F)(F)F)n1. The van der Waals surface area contributed by atoms with Gasteiger partial charge in [-0.15, -0.1) is 0 Å². The highest BCUT2D eigenvalue weighted by atomic mass is 35.5. The summed E-state index contributed by atoms with van der Waals surface area (Å²) < 4.78 is 65.4. The third kappa shape index (κ3) is 6.58. The molecule has 242 valence electrons. The molecule has 10 nitrogen and oxygen atoms in total. The molecule has 46 heavy (non-hydrogen) atoms. The Bertz CT molecular complexity index is 1760. The highest BCUT2D eigenvalue weighted by molar-refractivity contribution is 6.30. The van der Waals surface area contributed by atoms with Crippen LogP contribution < -0.4 is 20.7 Å². The Labute approximate surface area is 266 Å². The lowest BCUT2D eigenvalue weighted by Crippen LogP contribution is -2.41. The van der Waals surface area contributed by atoms with Gasteiger partial charge in [0.25, 0.3) is 0 Å². The molecule has 2 fully saturated rings. The zero-order chi connectivity index (χ0) is 32.8. The molecule has 0 amide bonds. The van der Waals surface area contributed by atoms with Gasteiger partial charge in [-0.25, -0.2) is 9.07 Å². The monoisotopic (exact) mass is 659 g/mol. The number of nitrogen functional groups attached to an aromatic ring is 1. The quantitative estimate of drug-likeness (QED) is 0.213. The number of alkyl halides is 3. The summed E-state index contributed by atoms with van der Waals surface area (Å²) in [7, 11) is 0. The second-order valence-electron chi connectivity index (χ2n) is 11.8. The summed E-state index contributed by atoms with van der Waals surface area (Å²) in [5, 5.41) is 16.9. The molecule has 4 aromatic rings. The van der Waals surface area contributed by atoms with Gasteiger partial charge in [0.1, 0.15) is 17.7 Å². The number of hydrogen-bond donors (Lipinski definition) is 3. The first-order valence-electron chi connectivity index (χ1n) is 14.5. The van der Waals surface area contributed by atoms with E-state index < -0.39 is 30.1 Å². The van der Waals surface area contributed by atoms with Crippen LogP contribution in [0.2, 0.25) is 5.02 Å². The summed E-state index contributed by atoms with van der Waals surface area (Å²) in [6.07, 6.45) is -4.01. The van der Waals surface area contributed by atoms with Crippen LogP contribution in [0.4, 0.5) is 29.3 Å². The summed E-state index contributed by atoms with van der Waals surface area (Å²) in [5.74, 6) is -1.81. The number of ether oxygens (including phenoxy) is 1. The molecule has 0 radical (unpaired) electrons. The number of aryl methyl sites for hydroxylation is 1. The maximum absolute atomic E-state index is 14.8. The van der Waals surface area contributed by atoms with E-state index in [1.54, 1.807) is 13.0 Å². The van der Waals surface area contributed by atoms with E-state index in [2.05, 4.69) is 20.4 Å². The normalized spacial score (nSPS) is 18.6. The van der Waals surface area contributed by atoms with E-state index >= 15 is 0 Å². The summed E-state index contributed by atoms with van der Waals surface area (Å²) in [6.45, 7) is 3.28. The zero-order valence-corrected chi connectivity index (χ0v) is 25.3. The van der Waals surface area contributed by atoms with E-state index in [4.69, 9.17) is 22.1 Å². The van der Waals surface area contributed by atoms with Crippen LogP contribution in [0.5, 0.6) is 5.88 Å². The number of aromatic nitrogens is 4. The van der Waals surface area contributed by atoms with Crippen molar-refractivity contribution in [1.29, 1.82) is 0 Å². The van der Waals surface area contributed by atoms with Gasteiger partial charge >= 0.3 is 12.1 Å². The number of carbonyl (C=O) groups is 1. The van der Waals surface area contributed by atoms with Gasteiger partial charge in [0.2, 0.25) is 17.9 Å². The van der Waals surface area contributed by atoms with Gasteiger partial charge in [0, 0.05) is 42.5 Å². The number of piperidine rings is 1. The van der Waals surface area contributed by atoms with Crippen molar-refractivity contribution in [2.24, 2.45) is 5.41 Å². The molecule has 2 unspecified atom stereocenters. The smallest absolute Gasteiger partial charge is 0.429 e. The molecule has 2 aliphatic rings. The summed E-state index contributed by atoms with van der Waals surface area (Å²) in [5.41, 5.74) is 6.92. The Balaban J connectivity index is 1.31. The molecule has 0 bridgehead atoms. The van der Waals surface area contributed by atoms with Crippen molar-refractivity contribution < 1.29 is 32.2 Å². The third-order valence-electron chi connectivity index (χ3n) is 8.53. The molecule has 6 rings (SSSR count). The maximum atomic E-state index is 14.8. The Kier molecular flexibility index (Phi) is 8.27. The number of halogens is 5. The van der Waals surface area contributed by atoms with Gasteiger partial charge in [0.05, 0.1) is 11.4 Å². The molecule has 15 heteroatoms. The first kappa shape index (κ1) is 31.5. The molecule has 0 aliphatic carbocycles. The summed E-state index contributed by atoms with van der Waals surface area (Å²) in [6, 6.07) is 10.4. The van der Waals surface area contributed by atoms with Crippen LogP contribution in [0.25, 0.3) is 16.8 Å². The number of carboxylic acid groups (broad SMARTS) is 1. The van der Waals surface area contributed by atoms with Crippen LogP contribution >= 0.6 is 11.6 Å². The van der Waals surface area contributed by atoms with E-state index in [0.29, 0.717) is 61.5 Å². The fourth-order valence-electron chi connectivity index (χ4n) is 6.18. The van der Waals surface area contributed by atoms with Gasteiger partial charge in [-0.3, -0.25) is 4.79 Å². The topological polar surface area (TPSA) is 131 Å². The average molecular weight is 660 g/mol. The lowest BCUT2D eigenvalue weighted by molar-refractivity contribution is -0.198. The van der Waals surface area contributed by atoms with Crippen molar-refractivity contribution in [2.75, 3.05) is 30.3 Å².